The molecule has 0 saturated carbocycles. The summed E-state index contributed by atoms with van der Waals surface area (Å²) in [5.74, 6) is 0.981. The van der Waals surface area contributed by atoms with Crippen LogP contribution in [-0.2, 0) is 0 Å². The van der Waals surface area contributed by atoms with Crippen LogP contribution in [0, 0.1) is 11.3 Å². The predicted molar refractivity (Wildman–Crippen MR) is 127 cm³/mol. The minimum atomic E-state index is -0.487. The number of hydrogen-bond donors (Lipinski definition) is 4. The highest BCUT2D eigenvalue weighted by molar-refractivity contribution is 5.65. The van der Waals surface area contributed by atoms with Crippen molar-refractivity contribution in [1.82, 2.24) is 20.6 Å². The lowest BCUT2D eigenvalue weighted by Gasteiger charge is -2.20. The van der Waals surface area contributed by atoms with Gasteiger partial charge in [0.05, 0.1) is 23.4 Å². The number of nitriles is 1. The molecule has 33 heavy (non-hydrogen) atoms. The first-order valence-corrected chi connectivity index (χ1v) is 11.1. The third kappa shape index (κ3) is 5.65. The molecule has 2 heterocycles. The van der Waals surface area contributed by atoms with Gasteiger partial charge in [-0.15, -0.1) is 0 Å². The molecule has 4 rings (SSSR count). The summed E-state index contributed by atoms with van der Waals surface area (Å²) in [7, 11) is 1.91. The van der Waals surface area contributed by atoms with Gasteiger partial charge in [-0.2, -0.15) is 5.26 Å². The first kappa shape index (κ1) is 22.7. The zero-order valence-electron chi connectivity index (χ0n) is 18.5. The molecule has 1 saturated heterocycles. The van der Waals surface area contributed by atoms with E-state index >= 15 is 0 Å². The zero-order chi connectivity index (χ0) is 23.0. The molecule has 3 aromatic rings. The number of benzene rings is 2. The Labute approximate surface area is 193 Å². The van der Waals surface area contributed by atoms with Crippen molar-refractivity contribution >= 4 is 5.95 Å². The zero-order valence-corrected chi connectivity index (χ0v) is 18.5. The van der Waals surface area contributed by atoms with E-state index in [0.29, 0.717) is 36.0 Å². The van der Waals surface area contributed by atoms with Gasteiger partial charge in [-0.05, 0) is 43.4 Å². The largest absolute Gasteiger partial charge is 0.484 e. The lowest BCUT2D eigenvalue weighted by atomic mass is 10.0. The molecule has 1 unspecified atom stereocenters. The second-order valence-corrected chi connectivity index (χ2v) is 7.97. The Morgan fingerprint density at radius 3 is 2.79 bits per heavy atom. The number of rotatable bonds is 9. The third-order valence-corrected chi connectivity index (χ3v) is 5.65. The average Bonchev–Trinajstić information content (AvgIpc) is 3.26. The standard InChI is InChI=1S/C25H28N6O2/c1-27-11-10-24(17-5-3-2-4-6-17)33-23-8-7-18(13-19(23)14-26)20-9-12-29-25(30-20)31-21-15-28-16-22(21)32/h2-9,12-13,21-22,24,27-28,32H,10-11,15-16H2,1H3,(H,29,30,31)/t21-,22-,24?/m1/s1. The van der Waals surface area contributed by atoms with Gasteiger partial charge < -0.3 is 25.8 Å². The van der Waals surface area contributed by atoms with E-state index in [1.807, 2.05) is 49.5 Å². The van der Waals surface area contributed by atoms with E-state index in [1.165, 1.54) is 0 Å². The highest BCUT2D eigenvalue weighted by atomic mass is 16.5. The van der Waals surface area contributed by atoms with Crippen LogP contribution in [0.25, 0.3) is 11.3 Å². The van der Waals surface area contributed by atoms with Crippen LogP contribution in [0.15, 0.2) is 60.8 Å². The maximum absolute atomic E-state index is 10.0. The van der Waals surface area contributed by atoms with Crippen molar-refractivity contribution in [3.8, 4) is 23.1 Å². The van der Waals surface area contributed by atoms with Crippen LogP contribution < -0.4 is 20.7 Å². The highest BCUT2D eigenvalue weighted by Gasteiger charge is 2.25. The number of ether oxygens (including phenoxy) is 1. The van der Waals surface area contributed by atoms with E-state index in [4.69, 9.17) is 4.74 Å². The van der Waals surface area contributed by atoms with Crippen LogP contribution in [-0.4, -0.2) is 53.9 Å². The molecule has 0 bridgehead atoms. The third-order valence-electron chi connectivity index (χ3n) is 5.65. The van der Waals surface area contributed by atoms with Crippen LogP contribution in [0.2, 0.25) is 0 Å². The van der Waals surface area contributed by atoms with Crippen molar-refractivity contribution in [2.24, 2.45) is 0 Å². The second kappa shape index (κ2) is 10.9. The molecule has 0 amide bonds. The predicted octanol–water partition coefficient (Wildman–Crippen LogP) is 2.49. The molecule has 8 nitrogen and oxygen atoms in total. The van der Waals surface area contributed by atoms with Gasteiger partial charge in [0.1, 0.15) is 17.9 Å². The fourth-order valence-electron chi connectivity index (χ4n) is 3.84. The van der Waals surface area contributed by atoms with E-state index in [1.54, 1.807) is 18.3 Å². The molecule has 170 valence electrons. The van der Waals surface area contributed by atoms with Gasteiger partial charge in [-0.25, -0.2) is 9.97 Å². The monoisotopic (exact) mass is 444 g/mol. The minimum Gasteiger partial charge on any atom is -0.484 e. The Hall–Kier alpha value is -3.51. The van der Waals surface area contributed by atoms with E-state index < -0.39 is 6.10 Å². The van der Waals surface area contributed by atoms with Gasteiger partial charge in [-0.3, -0.25) is 0 Å². The number of hydrogen-bond acceptors (Lipinski definition) is 8. The van der Waals surface area contributed by atoms with Crippen molar-refractivity contribution in [3.63, 3.8) is 0 Å². The van der Waals surface area contributed by atoms with E-state index in [9.17, 15) is 10.4 Å². The van der Waals surface area contributed by atoms with Crippen LogP contribution in [0.1, 0.15) is 23.7 Å². The lowest BCUT2D eigenvalue weighted by molar-refractivity contribution is 0.185. The summed E-state index contributed by atoms with van der Waals surface area (Å²) < 4.78 is 6.30. The number of nitrogens with one attached hydrogen (secondary N) is 3. The SMILES string of the molecule is CNCCC(Oc1ccc(-c2ccnc(N[C@@H]3CNC[C@H]3O)n2)cc1C#N)c1ccccc1. The number of aliphatic hydroxyl groups excluding tert-OH is 1. The van der Waals surface area contributed by atoms with Crippen LogP contribution >= 0.6 is 0 Å². The van der Waals surface area contributed by atoms with Crippen LogP contribution in [0.4, 0.5) is 5.95 Å². The average molecular weight is 445 g/mol. The molecule has 1 aliphatic heterocycles. The van der Waals surface area contributed by atoms with Crippen LogP contribution in [0.3, 0.4) is 0 Å². The van der Waals surface area contributed by atoms with E-state index in [2.05, 4.69) is 32.0 Å². The van der Waals surface area contributed by atoms with Crippen molar-refractivity contribution in [1.29, 1.82) is 5.26 Å². The van der Waals surface area contributed by atoms with Gasteiger partial charge in [0.25, 0.3) is 0 Å². The summed E-state index contributed by atoms with van der Waals surface area (Å²) in [6, 6.07) is 19.4. The molecule has 1 aliphatic rings. The number of nitrogens with zero attached hydrogens (tertiary/aromatic N) is 3. The molecule has 8 heteroatoms. The van der Waals surface area contributed by atoms with Crippen molar-refractivity contribution in [2.75, 3.05) is 32.0 Å². The molecular formula is C25H28N6O2. The number of aliphatic hydroxyl groups is 1. The van der Waals surface area contributed by atoms with Gasteiger partial charge in [0.15, 0.2) is 0 Å². The molecule has 0 spiro atoms. The molecule has 4 N–H and O–H groups in total. The van der Waals surface area contributed by atoms with Crippen molar-refractivity contribution in [3.05, 3.63) is 71.9 Å². The summed E-state index contributed by atoms with van der Waals surface area (Å²) in [6.07, 6.45) is 1.78. The van der Waals surface area contributed by atoms with Gasteiger partial charge >= 0.3 is 0 Å². The molecule has 2 aromatic carbocycles. The lowest BCUT2D eigenvalue weighted by Crippen LogP contribution is -2.32. The van der Waals surface area contributed by atoms with E-state index in [0.717, 1.165) is 24.1 Å². The summed E-state index contributed by atoms with van der Waals surface area (Å²) in [5.41, 5.74) is 2.99. The van der Waals surface area contributed by atoms with E-state index in [-0.39, 0.29) is 12.1 Å². The van der Waals surface area contributed by atoms with Crippen molar-refractivity contribution in [2.45, 2.75) is 24.7 Å². The Morgan fingerprint density at radius 1 is 1.21 bits per heavy atom. The number of β-amino-alcohol motifs (C(OH)–C–C–N with tert-alkyl or cyclic N) is 1. The summed E-state index contributed by atoms with van der Waals surface area (Å²) in [5, 5.41) is 29.3. The Morgan fingerprint density at radius 2 is 2.06 bits per heavy atom. The maximum Gasteiger partial charge on any atom is 0.223 e. The smallest absolute Gasteiger partial charge is 0.223 e. The van der Waals surface area contributed by atoms with Gasteiger partial charge in [0.2, 0.25) is 5.95 Å². The van der Waals surface area contributed by atoms with Crippen molar-refractivity contribution < 1.29 is 9.84 Å². The normalized spacial score (nSPS) is 18.5. The maximum atomic E-state index is 10.0. The molecule has 0 aliphatic carbocycles. The van der Waals surface area contributed by atoms with Gasteiger partial charge in [-0.1, -0.05) is 30.3 Å². The molecule has 3 atom stereocenters. The molecular weight excluding hydrogens is 416 g/mol. The number of aromatic nitrogens is 2. The second-order valence-electron chi connectivity index (χ2n) is 7.97. The quantitative estimate of drug-likeness (QED) is 0.398. The summed E-state index contributed by atoms with van der Waals surface area (Å²) in [4.78, 5) is 8.84. The summed E-state index contributed by atoms with van der Waals surface area (Å²) in [6.45, 7) is 1.99. The fourth-order valence-corrected chi connectivity index (χ4v) is 3.84. The molecule has 0 radical (unpaired) electrons. The summed E-state index contributed by atoms with van der Waals surface area (Å²) >= 11 is 0. The van der Waals surface area contributed by atoms with Crippen LogP contribution in [0.5, 0.6) is 5.75 Å². The Balaban J connectivity index is 1.55. The Bertz CT molecular complexity index is 1100. The topological polar surface area (TPSA) is 115 Å². The number of anilines is 1. The first-order valence-electron chi connectivity index (χ1n) is 11.1. The Kier molecular flexibility index (Phi) is 7.47. The fraction of sp³-hybridized carbons (Fsp3) is 0.320. The minimum absolute atomic E-state index is 0.141. The van der Waals surface area contributed by atoms with Gasteiger partial charge in [0, 0.05) is 31.3 Å². The first-order chi connectivity index (χ1) is 16.2. The highest BCUT2D eigenvalue weighted by Crippen LogP contribution is 2.30. The molecule has 1 aromatic heterocycles. The molecule has 1 fully saturated rings.